The maximum atomic E-state index is 12.0. The van der Waals surface area contributed by atoms with Crippen molar-refractivity contribution in [3.8, 4) is 0 Å². The number of piperidine rings is 1. The van der Waals surface area contributed by atoms with Gasteiger partial charge in [0.05, 0.1) is 17.1 Å². The second-order valence-electron chi connectivity index (χ2n) is 5.17. The molecule has 22 heavy (non-hydrogen) atoms. The van der Waals surface area contributed by atoms with Crippen molar-refractivity contribution < 1.29 is 19.5 Å². The van der Waals surface area contributed by atoms with Gasteiger partial charge in [0, 0.05) is 24.5 Å². The van der Waals surface area contributed by atoms with E-state index in [2.05, 4.69) is 15.7 Å². The fourth-order valence-electron chi connectivity index (χ4n) is 2.70. The number of carboxylic acid groups (broad SMARTS) is 1. The predicted octanol–water partition coefficient (Wildman–Crippen LogP) is 1.18. The molecule has 1 aliphatic heterocycles. The number of carbonyl (C=O) groups excluding carboxylic acids is 2. The molecule has 8 heteroatoms. The molecule has 0 aliphatic carbocycles. The van der Waals surface area contributed by atoms with Crippen molar-refractivity contribution in [3.05, 3.63) is 23.9 Å². The molecule has 0 radical (unpaired) electrons. The predicted molar refractivity (Wildman–Crippen MR) is 77.5 cm³/mol. The second-order valence-corrected chi connectivity index (χ2v) is 5.17. The van der Waals surface area contributed by atoms with Gasteiger partial charge < -0.3 is 5.11 Å². The molecule has 1 unspecified atom stereocenters. The van der Waals surface area contributed by atoms with Gasteiger partial charge in [-0.2, -0.15) is 5.10 Å². The van der Waals surface area contributed by atoms with Gasteiger partial charge in [0.25, 0.3) is 0 Å². The van der Waals surface area contributed by atoms with Gasteiger partial charge in [0.2, 0.25) is 11.8 Å². The number of aromatic nitrogens is 2. The summed E-state index contributed by atoms with van der Waals surface area (Å²) in [5.41, 5.74) is 1.74. The molecule has 114 valence electrons. The zero-order valence-corrected chi connectivity index (χ0v) is 11.8. The van der Waals surface area contributed by atoms with E-state index < -0.39 is 12.0 Å². The van der Waals surface area contributed by atoms with Crippen LogP contribution >= 0.6 is 0 Å². The van der Waals surface area contributed by atoms with E-state index in [0.717, 1.165) is 5.39 Å². The lowest BCUT2D eigenvalue weighted by Crippen LogP contribution is -2.39. The first kappa shape index (κ1) is 14.1. The smallest absolute Gasteiger partial charge is 0.409 e. The van der Waals surface area contributed by atoms with Crippen LogP contribution in [0.15, 0.2) is 18.2 Å². The highest BCUT2D eigenvalue weighted by Crippen LogP contribution is 2.31. The molecule has 1 aliphatic rings. The Morgan fingerprint density at radius 3 is 2.91 bits per heavy atom. The third-order valence-corrected chi connectivity index (χ3v) is 3.70. The van der Waals surface area contributed by atoms with Gasteiger partial charge in [-0.05, 0) is 24.6 Å². The van der Waals surface area contributed by atoms with Crippen molar-refractivity contribution in [3.63, 3.8) is 0 Å². The number of carbonyl (C=O) groups is 3. The van der Waals surface area contributed by atoms with Gasteiger partial charge in [-0.1, -0.05) is 0 Å². The van der Waals surface area contributed by atoms with Crippen LogP contribution in [0.5, 0.6) is 0 Å². The first-order valence-electron chi connectivity index (χ1n) is 6.76. The Hall–Kier alpha value is -2.90. The summed E-state index contributed by atoms with van der Waals surface area (Å²) in [5.74, 6) is -1.09. The zero-order valence-electron chi connectivity index (χ0n) is 11.8. The summed E-state index contributed by atoms with van der Waals surface area (Å²) in [5, 5.41) is 18.5. The molecule has 1 atom stereocenters. The van der Waals surface area contributed by atoms with Gasteiger partial charge in [0.1, 0.15) is 0 Å². The molecule has 1 aromatic carbocycles. The number of benzene rings is 1. The number of aryl methyl sites for hydroxylation is 1. The minimum atomic E-state index is -1.15. The highest BCUT2D eigenvalue weighted by molar-refractivity contribution is 6.02. The van der Waals surface area contributed by atoms with Gasteiger partial charge in [-0.15, -0.1) is 0 Å². The SMILES string of the molecule is Cn1nc(C2CCC(=O)NC2=O)c2ccc(NC(=O)O)cc21. The normalized spacial score (nSPS) is 18.3. The molecule has 8 nitrogen and oxygen atoms in total. The maximum absolute atomic E-state index is 12.0. The Balaban J connectivity index is 2.03. The van der Waals surface area contributed by atoms with E-state index in [9.17, 15) is 14.4 Å². The molecular formula is C14H14N4O4. The van der Waals surface area contributed by atoms with Crippen LogP contribution in [-0.2, 0) is 16.6 Å². The van der Waals surface area contributed by atoms with E-state index >= 15 is 0 Å². The van der Waals surface area contributed by atoms with Gasteiger partial charge in [-0.25, -0.2) is 4.79 Å². The Morgan fingerprint density at radius 1 is 1.45 bits per heavy atom. The first-order chi connectivity index (χ1) is 10.5. The van der Waals surface area contributed by atoms with Crippen molar-refractivity contribution in [1.29, 1.82) is 0 Å². The monoisotopic (exact) mass is 302 g/mol. The molecule has 3 N–H and O–H groups in total. The summed E-state index contributed by atoms with van der Waals surface area (Å²) in [7, 11) is 1.72. The molecule has 0 saturated carbocycles. The Kier molecular flexibility index (Phi) is 3.28. The quantitative estimate of drug-likeness (QED) is 0.721. The van der Waals surface area contributed by atoms with E-state index in [4.69, 9.17) is 5.11 Å². The van der Waals surface area contributed by atoms with Gasteiger partial charge in [0.15, 0.2) is 0 Å². The molecule has 3 rings (SSSR count). The van der Waals surface area contributed by atoms with Crippen molar-refractivity contribution in [2.45, 2.75) is 18.8 Å². The number of hydrogen-bond donors (Lipinski definition) is 3. The van der Waals surface area contributed by atoms with Crippen LogP contribution in [0.2, 0.25) is 0 Å². The highest BCUT2D eigenvalue weighted by Gasteiger charge is 2.31. The summed E-state index contributed by atoms with van der Waals surface area (Å²) in [6.45, 7) is 0. The van der Waals surface area contributed by atoms with E-state index in [1.54, 1.807) is 29.9 Å². The third-order valence-electron chi connectivity index (χ3n) is 3.70. The van der Waals surface area contributed by atoms with E-state index in [-0.39, 0.29) is 18.2 Å². The minimum absolute atomic E-state index is 0.269. The molecule has 0 spiro atoms. The zero-order chi connectivity index (χ0) is 15.9. The van der Waals surface area contributed by atoms with E-state index in [1.165, 1.54) is 0 Å². The van der Waals surface area contributed by atoms with E-state index in [0.29, 0.717) is 23.3 Å². The summed E-state index contributed by atoms with van der Waals surface area (Å²) < 4.78 is 1.60. The van der Waals surface area contributed by atoms with Gasteiger partial charge >= 0.3 is 6.09 Å². The number of nitrogens with zero attached hydrogens (tertiary/aromatic N) is 2. The fourth-order valence-corrected chi connectivity index (χ4v) is 2.70. The van der Waals surface area contributed by atoms with E-state index in [1.807, 2.05) is 0 Å². The van der Waals surface area contributed by atoms with Crippen molar-refractivity contribution in [2.24, 2.45) is 7.05 Å². The number of imide groups is 1. The van der Waals surface area contributed by atoms with Crippen molar-refractivity contribution >= 4 is 34.5 Å². The number of hydrogen-bond acceptors (Lipinski definition) is 4. The molecule has 3 amide bonds. The highest BCUT2D eigenvalue weighted by atomic mass is 16.4. The number of nitrogens with one attached hydrogen (secondary N) is 2. The Labute approximate surface area is 125 Å². The summed E-state index contributed by atoms with van der Waals surface area (Å²) in [4.78, 5) is 33.9. The topological polar surface area (TPSA) is 113 Å². The standard InChI is InChI=1S/C14H14N4O4/c1-18-10-6-7(15-14(21)22)2-3-8(10)12(17-18)9-4-5-11(19)16-13(9)20/h2-3,6,9,15H,4-5H2,1H3,(H,21,22)(H,16,19,20). The lowest BCUT2D eigenvalue weighted by molar-refractivity contribution is -0.134. The molecule has 1 saturated heterocycles. The van der Waals surface area contributed by atoms with Crippen LogP contribution in [0.3, 0.4) is 0 Å². The summed E-state index contributed by atoms with van der Waals surface area (Å²) in [6.07, 6.45) is -0.439. The average molecular weight is 302 g/mol. The molecule has 0 bridgehead atoms. The lowest BCUT2D eigenvalue weighted by Gasteiger charge is -2.19. The van der Waals surface area contributed by atoms with Crippen LogP contribution in [0.4, 0.5) is 10.5 Å². The largest absolute Gasteiger partial charge is 0.465 e. The molecule has 2 heterocycles. The lowest BCUT2D eigenvalue weighted by atomic mass is 9.93. The summed E-state index contributed by atoms with van der Waals surface area (Å²) in [6, 6.07) is 5.01. The first-order valence-corrected chi connectivity index (χ1v) is 6.76. The van der Waals surface area contributed by atoms with Crippen LogP contribution in [-0.4, -0.2) is 32.8 Å². The molecular weight excluding hydrogens is 288 g/mol. The minimum Gasteiger partial charge on any atom is -0.465 e. The van der Waals surface area contributed by atoms with Crippen LogP contribution in [0.25, 0.3) is 10.9 Å². The number of anilines is 1. The third kappa shape index (κ3) is 2.39. The van der Waals surface area contributed by atoms with Crippen LogP contribution < -0.4 is 10.6 Å². The molecule has 2 aromatic rings. The maximum Gasteiger partial charge on any atom is 0.409 e. The molecule has 1 aromatic heterocycles. The Morgan fingerprint density at radius 2 is 2.23 bits per heavy atom. The number of rotatable bonds is 2. The molecule has 1 fully saturated rings. The van der Waals surface area contributed by atoms with Crippen molar-refractivity contribution in [2.75, 3.05) is 5.32 Å². The fraction of sp³-hybridized carbons (Fsp3) is 0.286. The second kappa shape index (κ2) is 5.14. The van der Waals surface area contributed by atoms with Crippen LogP contribution in [0.1, 0.15) is 24.5 Å². The number of fused-ring (bicyclic) bond motifs is 1. The average Bonchev–Trinajstić information content (AvgIpc) is 2.75. The Bertz CT molecular complexity index is 795. The van der Waals surface area contributed by atoms with Crippen LogP contribution in [0, 0.1) is 0 Å². The van der Waals surface area contributed by atoms with Crippen molar-refractivity contribution in [1.82, 2.24) is 15.1 Å². The van der Waals surface area contributed by atoms with Gasteiger partial charge in [-0.3, -0.25) is 24.9 Å². The summed E-state index contributed by atoms with van der Waals surface area (Å²) >= 11 is 0. The number of amides is 3.